The van der Waals surface area contributed by atoms with Crippen LogP contribution in [0, 0.1) is 10.1 Å². The first-order chi connectivity index (χ1) is 11.0. The van der Waals surface area contributed by atoms with Gasteiger partial charge in [0.25, 0.3) is 5.69 Å². The van der Waals surface area contributed by atoms with Crippen LogP contribution in [-0.4, -0.2) is 21.6 Å². The number of hydrogen-bond acceptors (Lipinski definition) is 4. The minimum atomic E-state index is -1.15. The van der Waals surface area contributed by atoms with Gasteiger partial charge in [0.15, 0.2) is 0 Å². The van der Waals surface area contributed by atoms with Crippen LogP contribution >= 0.6 is 0 Å². The zero-order valence-electron chi connectivity index (χ0n) is 12.5. The van der Waals surface area contributed by atoms with Gasteiger partial charge in [0.2, 0.25) is 0 Å². The number of nitro groups is 1. The predicted octanol–water partition coefficient (Wildman–Crippen LogP) is 3.80. The molecule has 3 rings (SSSR count). The van der Waals surface area contributed by atoms with E-state index in [9.17, 15) is 14.9 Å². The third-order valence-electron chi connectivity index (χ3n) is 4.36. The van der Waals surface area contributed by atoms with Crippen LogP contribution in [0.5, 0.6) is 5.75 Å². The van der Waals surface area contributed by atoms with Gasteiger partial charge in [0.05, 0.1) is 16.1 Å². The van der Waals surface area contributed by atoms with Gasteiger partial charge in [-0.15, -0.1) is 0 Å². The average Bonchev–Trinajstić information content (AvgIpc) is 2.52. The molecule has 1 aromatic carbocycles. The number of hydrogen-bond donors (Lipinski definition) is 1. The second-order valence-corrected chi connectivity index (χ2v) is 5.90. The molecule has 6 heteroatoms. The summed E-state index contributed by atoms with van der Waals surface area (Å²) in [7, 11) is 0. The van der Waals surface area contributed by atoms with Crippen LogP contribution in [0.2, 0.25) is 0 Å². The standard InChI is InChI=1S/C17H17NO5/c19-15(20)7-5-12-4-6-14-13(16(12)18(21)22)8-11-17(23-14)9-2-1-3-10-17/h4-8,11H,1-3,9-10H2,(H,19,20)/b7-5+. The Morgan fingerprint density at radius 3 is 2.70 bits per heavy atom. The van der Waals surface area contributed by atoms with E-state index in [4.69, 9.17) is 9.84 Å². The number of ether oxygens (including phenoxy) is 1. The molecular weight excluding hydrogens is 298 g/mol. The average molecular weight is 315 g/mol. The van der Waals surface area contributed by atoms with Gasteiger partial charge < -0.3 is 9.84 Å². The van der Waals surface area contributed by atoms with Gasteiger partial charge in [-0.1, -0.05) is 6.42 Å². The normalized spacial score (nSPS) is 18.6. The Labute approximate surface area is 133 Å². The van der Waals surface area contributed by atoms with Gasteiger partial charge in [-0.25, -0.2) is 4.79 Å². The second kappa shape index (κ2) is 5.87. The molecule has 23 heavy (non-hydrogen) atoms. The van der Waals surface area contributed by atoms with Crippen LogP contribution in [0.25, 0.3) is 12.2 Å². The second-order valence-electron chi connectivity index (χ2n) is 5.90. The summed E-state index contributed by atoms with van der Waals surface area (Å²) in [6.07, 6.45) is 11.0. The molecule has 2 aliphatic rings. The first-order valence-electron chi connectivity index (χ1n) is 7.61. The van der Waals surface area contributed by atoms with Crippen molar-refractivity contribution in [1.82, 2.24) is 0 Å². The smallest absolute Gasteiger partial charge is 0.328 e. The number of rotatable bonds is 3. The summed E-state index contributed by atoms with van der Waals surface area (Å²) in [6.45, 7) is 0. The summed E-state index contributed by atoms with van der Waals surface area (Å²) in [5, 5.41) is 20.2. The summed E-state index contributed by atoms with van der Waals surface area (Å²) in [5.41, 5.74) is 0.182. The van der Waals surface area contributed by atoms with E-state index in [1.165, 1.54) is 18.6 Å². The van der Waals surface area contributed by atoms with Crippen molar-refractivity contribution in [3.8, 4) is 5.75 Å². The van der Waals surface area contributed by atoms with Crippen molar-refractivity contribution in [1.29, 1.82) is 0 Å². The molecule has 120 valence electrons. The highest BCUT2D eigenvalue weighted by molar-refractivity contribution is 5.87. The van der Waals surface area contributed by atoms with Crippen molar-refractivity contribution in [2.45, 2.75) is 37.7 Å². The molecule has 0 saturated heterocycles. The monoisotopic (exact) mass is 315 g/mol. The quantitative estimate of drug-likeness (QED) is 0.520. The lowest BCUT2D eigenvalue weighted by molar-refractivity contribution is -0.385. The molecule has 1 heterocycles. The summed E-state index contributed by atoms with van der Waals surface area (Å²) >= 11 is 0. The topological polar surface area (TPSA) is 89.7 Å². The van der Waals surface area contributed by atoms with Gasteiger partial charge >= 0.3 is 5.97 Å². The van der Waals surface area contributed by atoms with E-state index in [-0.39, 0.29) is 16.9 Å². The fourth-order valence-electron chi connectivity index (χ4n) is 3.26. The number of nitro benzene ring substituents is 1. The maximum atomic E-state index is 11.4. The van der Waals surface area contributed by atoms with Crippen molar-refractivity contribution in [2.75, 3.05) is 0 Å². The molecule has 0 radical (unpaired) electrons. The highest BCUT2D eigenvalue weighted by Crippen LogP contribution is 2.43. The Morgan fingerprint density at radius 1 is 1.30 bits per heavy atom. The van der Waals surface area contributed by atoms with Gasteiger partial charge in [0.1, 0.15) is 11.4 Å². The molecule has 1 N–H and O–H groups in total. The summed E-state index contributed by atoms with van der Waals surface area (Å²) in [5.74, 6) is -0.654. The Bertz CT molecular complexity index is 714. The lowest BCUT2D eigenvalue weighted by Gasteiger charge is -2.37. The van der Waals surface area contributed by atoms with Crippen molar-refractivity contribution >= 4 is 23.8 Å². The maximum Gasteiger partial charge on any atom is 0.328 e. The van der Waals surface area contributed by atoms with Crippen LogP contribution in [0.4, 0.5) is 5.69 Å². The maximum absolute atomic E-state index is 11.4. The molecule has 1 saturated carbocycles. The summed E-state index contributed by atoms with van der Waals surface area (Å²) in [6, 6.07) is 3.22. The third kappa shape index (κ3) is 2.97. The molecule has 1 aliphatic heterocycles. The molecule has 0 atom stereocenters. The number of benzene rings is 1. The fourth-order valence-corrected chi connectivity index (χ4v) is 3.26. The van der Waals surface area contributed by atoms with E-state index >= 15 is 0 Å². The largest absolute Gasteiger partial charge is 0.482 e. The lowest BCUT2D eigenvalue weighted by Crippen LogP contribution is -2.37. The molecule has 6 nitrogen and oxygen atoms in total. The van der Waals surface area contributed by atoms with E-state index in [2.05, 4.69) is 0 Å². The SMILES string of the molecule is O=C(O)/C=C/c1ccc2c(c1[N+](=O)[O-])C=CC1(CCCCC1)O2. The highest BCUT2D eigenvalue weighted by atomic mass is 16.6. The Morgan fingerprint density at radius 2 is 2.04 bits per heavy atom. The molecular formula is C17H17NO5. The molecule has 0 unspecified atom stereocenters. The van der Waals surface area contributed by atoms with Crippen LogP contribution in [0.1, 0.15) is 43.2 Å². The predicted molar refractivity (Wildman–Crippen MR) is 85.2 cm³/mol. The van der Waals surface area contributed by atoms with Crippen LogP contribution in [0.15, 0.2) is 24.3 Å². The highest BCUT2D eigenvalue weighted by Gasteiger charge is 2.36. The Balaban J connectivity index is 2.03. The van der Waals surface area contributed by atoms with E-state index in [0.717, 1.165) is 31.8 Å². The summed E-state index contributed by atoms with van der Waals surface area (Å²) < 4.78 is 6.10. The first-order valence-corrected chi connectivity index (χ1v) is 7.61. The molecule has 0 aromatic heterocycles. The van der Waals surface area contributed by atoms with Crippen LogP contribution in [0.3, 0.4) is 0 Å². The van der Waals surface area contributed by atoms with Gasteiger partial charge in [-0.05, 0) is 56.0 Å². The van der Waals surface area contributed by atoms with Crippen LogP contribution in [-0.2, 0) is 4.79 Å². The van der Waals surface area contributed by atoms with Gasteiger partial charge in [-0.3, -0.25) is 10.1 Å². The first kappa shape index (κ1) is 15.3. The molecule has 1 aliphatic carbocycles. The van der Waals surface area contributed by atoms with Crippen molar-refractivity contribution in [3.05, 3.63) is 45.5 Å². The molecule has 0 bridgehead atoms. The Kier molecular flexibility index (Phi) is 3.90. The molecule has 0 amide bonds. The number of nitrogens with zero attached hydrogens (tertiary/aromatic N) is 1. The van der Waals surface area contributed by atoms with Crippen molar-refractivity contribution < 1.29 is 19.6 Å². The zero-order chi connectivity index (χ0) is 16.4. The molecule has 1 fully saturated rings. The van der Waals surface area contributed by atoms with Crippen molar-refractivity contribution in [2.24, 2.45) is 0 Å². The van der Waals surface area contributed by atoms with E-state index in [1.807, 2.05) is 6.08 Å². The van der Waals surface area contributed by atoms with Gasteiger partial charge in [-0.2, -0.15) is 0 Å². The number of fused-ring (bicyclic) bond motifs is 1. The molecule has 1 aromatic rings. The Hall–Kier alpha value is -2.63. The van der Waals surface area contributed by atoms with E-state index < -0.39 is 10.9 Å². The minimum absolute atomic E-state index is 0.123. The minimum Gasteiger partial charge on any atom is -0.482 e. The number of carbonyl (C=O) groups is 1. The van der Waals surface area contributed by atoms with Crippen molar-refractivity contribution in [3.63, 3.8) is 0 Å². The number of carboxylic acids is 1. The van der Waals surface area contributed by atoms with E-state index in [1.54, 1.807) is 12.1 Å². The van der Waals surface area contributed by atoms with Crippen LogP contribution < -0.4 is 4.74 Å². The van der Waals surface area contributed by atoms with Gasteiger partial charge in [0, 0.05) is 6.08 Å². The zero-order valence-corrected chi connectivity index (χ0v) is 12.5. The van der Waals surface area contributed by atoms with E-state index in [0.29, 0.717) is 11.3 Å². The molecule has 1 spiro atoms. The lowest BCUT2D eigenvalue weighted by atomic mass is 9.82. The number of aliphatic carboxylic acids is 1. The third-order valence-corrected chi connectivity index (χ3v) is 4.36. The summed E-state index contributed by atoms with van der Waals surface area (Å²) in [4.78, 5) is 21.6. The number of carboxylic acid groups (broad SMARTS) is 1. The fraction of sp³-hybridized carbons (Fsp3) is 0.353.